The van der Waals surface area contributed by atoms with E-state index in [0.717, 1.165) is 24.3 Å². The topological polar surface area (TPSA) is 99.6 Å². The molecule has 1 unspecified atom stereocenters. The summed E-state index contributed by atoms with van der Waals surface area (Å²) in [5.41, 5.74) is 2.33. The maximum absolute atomic E-state index is 13.4. The van der Waals surface area contributed by atoms with Crippen LogP contribution in [0.4, 0.5) is 15.1 Å². The van der Waals surface area contributed by atoms with Gasteiger partial charge in [-0.15, -0.1) is 0 Å². The lowest BCUT2D eigenvalue weighted by Gasteiger charge is -2.30. The van der Waals surface area contributed by atoms with Crippen LogP contribution in [0, 0.1) is 5.82 Å². The summed E-state index contributed by atoms with van der Waals surface area (Å²) in [5.74, 6) is -0.0231. The van der Waals surface area contributed by atoms with E-state index in [0.29, 0.717) is 37.6 Å². The van der Waals surface area contributed by atoms with Crippen LogP contribution in [0.2, 0.25) is 5.02 Å². The highest BCUT2D eigenvalue weighted by molar-refractivity contribution is 6.30. The number of urea groups is 1. The van der Waals surface area contributed by atoms with Crippen molar-refractivity contribution < 1.29 is 19.0 Å². The first-order valence-electron chi connectivity index (χ1n) is 9.84. The van der Waals surface area contributed by atoms with Crippen molar-refractivity contribution in [2.24, 2.45) is 0 Å². The van der Waals surface area contributed by atoms with Gasteiger partial charge in [0.15, 0.2) is 0 Å². The van der Waals surface area contributed by atoms with Crippen LogP contribution in [0.25, 0.3) is 0 Å². The molecule has 2 aromatic rings. The predicted octanol–water partition coefficient (Wildman–Crippen LogP) is 2.27. The van der Waals surface area contributed by atoms with Crippen LogP contribution in [-0.2, 0) is 17.7 Å². The fourth-order valence-corrected chi connectivity index (χ4v) is 3.77. The molecule has 2 aliphatic rings. The van der Waals surface area contributed by atoms with Crippen molar-refractivity contribution in [3.05, 3.63) is 52.1 Å². The number of aliphatic hydroxyl groups excluding tert-OH is 1. The maximum Gasteiger partial charge on any atom is 0.318 e. The molecule has 3 N–H and O–H groups in total. The zero-order valence-corrected chi connectivity index (χ0v) is 17.0. The Kier molecular flexibility index (Phi) is 6.31. The number of amides is 2. The molecule has 4 rings (SSSR count). The monoisotopic (exact) mass is 435 g/mol. The Bertz CT molecular complexity index is 925. The Morgan fingerprint density at radius 2 is 2.33 bits per heavy atom. The Labute approximate surface area is 178 Å². The van der Waals surface area contributed by atoms with Crippen LogP contribution in [-0.4, -0.2) is 58.4 Å². The molecular formula is C20H23ClFN5O3. The molecule has 8 nitrogen and oxygen atoms in total. The summed E-state index contributed by atoms with van der Waals surface area (Å²) in [5, 5.41) is 15.7. The molecule has 0 spiro atoms. The number of rotatable bonds is 5. The molecule has 10 heteroatoms. The van der Waals surface area contributed by atoms with Gasteiger partial charge < -0.3 is 25.4 Å². The van der Waals surface area contributed by atoms with Gasteiger partial charge in [-0.05, 0) is 36.1 Å². The van der Waals surface area contributed by atoms with Gasteiger partial charge in [-0.2, -0.15) is 0 Å². The van der Waals surface area contributed by atoms with Gasteiger partial charge in [0.1, 0.15) is 5.82 Å². The molecule has 0 bridgehead atoms. The van der Waals surface area contributed by atoms with Gasteiger partial charge in [0.2, 0.25) is 5.95 Å². The van der Waals surface area contributed by atoms with E-state index in [1.807, 2.05) is 0 Å². The van der Waals surface area contributed by atoms with E-state index in [4.69, 9.17) is 16.3 Å². The number of benzene rings is 1. The third kappa shape index (κ3) is 4.63. The van der Waals surface area contributed by atoms with E-state index in [-0.39, 0.29) is 23.7 Å². The fourth-order valence-electron chi connectivity index (χ4n) is 3.58. The molecule has 2 aliphatic heterocycles. The third-order valence-electron chi connectivity index (χ3n) is 5.32. The van der Waals surface area contributed by atoms with Crippen molar-refractivity contribution in [3.63, 3.8) is 0 Å². The number of nitrogens with zero attached hydrogens (tertiary/aromatic N) is 3. The number of anilines is 1. The summed E-state index contributed by atoms with van der Waals surface area (Å²) in [6.07, 6.45) is 3.35. The molecule has 0 aliphatic carbocycles. The first-order chi connectivity index (χ1) is 14.5. The lowest BCUT2D eigenvalue weighted by atomic mass is 10.1. The highest BCUT2D eigenvalue weighted by Gasteiger charge is 2.25. The number of nitrogens with one attached hydrogen (secondary N) is 2. The quantitative estimate of drug-likeness (QED) is 0.666. The van der Waals surface area contributed by atoms with Gasteiger partial charge in [-0.1, -0.05) is 17.7 Å². The van der Waals surface area contributed by atoms with Gasteiger partial charge in [-0.25, -0.2) is 19.2 Å². The van der Waals surface area contributed by atoms with Crippen LogP contribution in [0.15, 0.2) is 24.4 Å². The van der Waals surface area contributed by atoms with Crippen molar-refractivity contribution in [1.29, 1.82) is 0 Å². The number of aromatic nitrogens is 2. The first kappa shape index (κ1) is 20.8. The maximum atomic E-state index is 13.4. The van der Waals surface area contributed by atoms with Crippen LogP contribution in [0.1, 0.15) is 29.3 Å². The van der Waals surface area contributed by atoms with Crippen molar-refractivity contribution in [3.8, 4) is 0 Å². The molecule has 30 heavy (non-hydrogen) atoms. The summed E-state index contributed by atoms with van der Waals surface area (Å²) in [6, 6.07) is 3.27. The summed E-state index contributed by atoms with van der Waals surface area (Å²) >= 11 is 5.82. The molecule has 0 radical (unpaired) electrons. The molecular weight excluding hydrogens is 413 g/mol. The highest BCUT2D eigenvalue weighted by Crippen LogP contribution is 2.23. The highest BCUT2D eigenvalue weighted by atomic mass is 35.5. The summed E-state index contributed by atoms with van der Waals surface area (Å²) in [7, 11) is 0. The lowest BCUT2D eigenvalue weighted by molar-refractivity contribution is 0.176. The van der Waals surface area contributed by atoms with Crippen molar-refractivity contribution >= 4 is 23.6 Å². The van der Waals surface area contributed by atoms with Crippen molar-refractivity contribution in [1.82, 2.24) is 20.2 Å². The van der Waals surface area contributed by atoms with E-state index in [1.165, 1.54) is 18.2 Å². The molecule has 2 amide bonds. The van der Waals surface area contributed by atoms with Gasteiger partial charge in [-0.3, -0.25) is 0 Å². The Morgan fingerprint density at radius 1 is 1.47 bits per heavy atom. The molecule has 0 saturated carbocycles. The van der Waals surface area contributed by atoms with Gasteiger partial charge in [0, 0.05) is 19.3 Å². The zero-order valence-electron chi connectivity index (χ0n) is 16.3. The fraction of sp³-hybridized carbons (Fsp3) is 0.450. The normalized spacial score (nSPS) is 19.3. The second kappa shape index (κ2) is 9.11. The lowest BCUT2D eigenvalue weighted by Crippen LogP contribution is -2.45. The number of carbonyl (C=O) groups excluding carboxylic acids is 1. The average molecular weight is 436 g/mol. The molecule has 3 heterocycles. The SMILES string of the molecule is O=C(N[C@H](CO)c1ccc(F)c(Cl)c1)N1CCc2cnc(NC3CCOC3)nc2C1. The van der Waals surface area contributed by atoms with E-state index in [2.05, 4.69) is 20.6 Å². The number of carbonyl (C=O) groups is 1. The van der Waals surface area contributed by atoms with Crippen molar-refractivity contribution in [2.75, 3.05) is 31.7 Å². The number of aliphatic hydroxyl groups is 1. The number of fused-ring (bicyclic) bond motifs is 1. The molecule has 1 aromatic carbocycles. The average Bonchev–Trinajstić information content (AvgIpc) is 3.26. The minimum absolute atomic E-state index is 0.0588. The standard InChI is InChI=1S/C20H23ClFN5O3/c21-15-7-12(1-2-16(15)22)18(10-28)26-20(29)27-5-3-13-8-23-19(25-17(13)9-27)24-14-4-6-30-11-14/h1-2,7-8,14,18,28H,3-6,9-11H2,(H,26,29)(H,23,24,25)/t14?,18-/m1/s1. The van der Waals surface area contributed by atoms with E-state index < -0.39 is 11.9 Å². The van der Waals surface area contributed by atoms with E-state index >= 15 is 0 Å². The Balaban J connectivity index is 1.42. The third-order valence-corrected chi connectivity index (χ3v) is 5.61. The van der Waals surface area contributed by atoms with Gasteiger partial charge in [0.25, 0.3) is 0 Å². The summed E-state index contributed by atoms with van der Waals surface area (Å²) < 4.78 is 18.8. The van der Waals surface area contributed by atoms with Crippen LogP contribution in [0.3, 0.4) is 0 Å². The van der Waals surface area contributed by atoms with Crippen molar-refractivity contribution in [2.45, 2.75) is 31.5 Å². The zero-order chi connectivity index (χ0) is 21.1. The molecule has 2 atom stereocenters. The molecule has 1 fully saturated rings. The van der Waals surface area contributed by atoms with Crippen LogP contribution in [0.5, 0.6) is 0 Å². The summed E-state index contributed by atoms with van der Waals surface area (Å²) in [4.78, 5) is 23.4. The largest absolute Gasteiger partial charge is 0.394 e. The molecule has 160 valence electrons. The summed E-state index contributed by atoms with van der Waals surface area (Å²) in [6.45, 7) is 1.86. The number of hydrogen-bond acceptors (Lipinski definition) is 6. The van der Waals surface area contributed by atoms with Crippen LogP contribution < -0.4 is 10.6 Å². The second-order valence-corrected chi connectivity index (χ2v) is 7.81. The predicted molar refractivity (Wildman–Crippen MR) is 109 cm³/mol. The number of ether oxygens (including phenoxy) is 1. The minimum atomic E-state index is -0.693. The minimum Gasteiger partial charge on any atom is -0.394 e. The smallest absolute Gasteiger partial charge is 0.318 e. The van der Waals surface area contributed by atoms with E-state index in [9.17, 15) is 14.3 Å². The number of hydrogen-bond donors (Lipinski definition) is 3. The van der Waals surface area contributed by atoms with Gasteiger partial charge in [0.05, 0.1) is 42.6 Å². The van der Waals surface area contributed by atoms with Gasteiger partial charge >= 0.3 is 6.03 Å². The second-order valence-electron chi connectivity index (χ2n) is 7.40. The molecule has 1 saturated heterocycles. The Morgan fingerprint density at radius 3 is 3.07 bits per heavy atom. The van der Waals surface area contributed by atoms with E-state index in [1.54, 1.807) is 11.1 Å². The number of halogens is 2. The Hall–Kier alpha value is -2.49. The first-order valence-corrected chi connectivity index (χ1v) is 10.2. The molecule has 1 aromatic heterocycles. The van der Waals surface area contributed by atoms with Crippen LogP contribution >= 0.6 is 11.6 Å².